The Morgan fingerprint density at radius 2 is 0.348 bits per heavy atom. The first-order valence-corrected chi connectivity index (χ1v) is 30.1. The molecule has 5 aromatic carbocycles. The second kappa shape index (κ2) is 37.5. The minimum atomic E-state index is -4.44. The zero-order valence-electron chi connectivity index (χ0n) is 49.1. The molecule has 26 nitrogen and oxygen atoms in total. The topological polar surface area (TPSA) is 404 Å². The maximum atomic E-state index is 11.5. The van der Waals surface area contributed by atoms with Gasteiger partial charge in [0.05, 0.1) is 0 Å². The molecule has 0 heterocycles. The number of nitrogens with zero attached hydrogens (tertiary/aromatic N) is 6. The van der Waals surface area contributed by atoms with Crippen molar-refractivity contribution in [3.63, 3.8) is 0 Å². The number of carbonyl (C=O) groups is 8. The van der Waals surface area contributed by atoms with Gasteiger partial charge in [0.15, 0.2) is 0 Å². The molecule has 0 aliphatic heterocycles. The molecular weight excluding hydrogens is 1180 g/mol. The van der Waals surface area contributed by atoms with E-state index >= 15 is 0 Å². The summed E-state index contributed by atoms with van der Waals surface area (Å²) in [6.45, 7) is 3.04. The van der Waals surface area contributed by atoms with Crippen molar-refractivity contribution in [2.45, 2.75) is 103 Å². The van der Waals surface area contributed by atoms with Crippen LogP contribution in [0.1, 0.15) is 103 Å². The van der Waals surface area contributed by atoms with Crippen LogP contribution in [0.4, 0.5) is 56.9 Å². The molecule has 0 saturated carbocycles. The average Bonchev–Trinajstić information content (AvgIpc) is 1.58. The molecule has 0 saturated heterocycles. The Morgan fingerprint density at radius 1 is 0.247 bits per heavy atom. The van der Waals surface area contributed by atoms with Crippen molar-refractivity contribution >= 4 is 105 Å². The summed E-state index contributed by atoms with van der Waals surface area (Å²) in [6, 6.07) is 38.3. The Hall–Kier alpha value is -9.21. The van der Waals surface area contributed by atoms with E-state index in [0.717, 1.165) is 56.9 Å². The molecule has 27 heteroatoms. The number of aliphatic carboxylic acids is 8. The van der Waals surface area contributed by atoms with Gasteiger partial charge < -0.3 is 70.3 Å². The molecule has 0 aromatic heterocycles. The molecule has 0 bridgehead atoms. The van der Waals surface area contributed by atoms with Crippen molar-refractivity contribution in [1.29, 1.82) is 0 Å². The predicted molar refractivity (Wildman–Crippen MR) is 324 cm³/mol. The minimum absolute atomic E-state index is 0.0617. The van der Waals surface area contributed by atoms with Gasteiger partial charge in [0, 0.05) is 161 Å². The van der Waals surface area contributed by atoms with Gasteiger partial charge in [0.1, 0.15) is 0 Å². The molecule has 0 fully saturated rings. The third-order valence-corrected chi connectivity index (χ3v) is 13.8. The summed E-state index contributed by atoms with van der Waals surface area (Å²) in [5, 5.41) is 75.0. The zero-order valence-corrected chi connectivity index (χ0v) is 49.9. The third kappa shape index (κ3) is 28.0. The van der Waals surface area contributed by atoms with Crippen LogP contribution in [0.15, 0.2) is 121 Å². The Kier molecular flexibility index (Phi) is 30.4. The first kappa shape index (κ1) is 72.3. The molecule has 0 aliphatic rings. The fourth-order valence-corrected chi connectivity index (χ4v) is 9.74. The quantitative estimate of drug-likeness (QED) is 0.0183. The van der Waals surface area contributed by atoms with E-state index in [1.807, 2.05) is 151 Å². The zero-order chi connectivity index (χ0) is 65.5. The molecule has 5 rings (SSSR count). The molecule has 0 spiro atoms. The Morgan fingerprint density at radius 3 is 0.449 bits per heavy atom. The van der Waals surface area contributed by atoms with Gasteiger partial charge in [-0.1, -0.05) is 0 Å². The molecule has 5 aromatic rings. The molecule has 89 heavy (non-hydrogen) atoms. The number of anilines is 10. The number of carboxylic acids is 8. The molecule has 10 N–H and O–H groups in total. The van der Waals surface area contributed by atoms with Crippen molar-refractivity contribution in [2.75, 3.05) is 81.8 Å². The van der Waals surface area contributed by atoms with Crippen LogP contribution in [0.5, 0.6) is 0 Å². The molecular formula is C62H78ClN6O20-. The van der Waals surface area contributed by atoms with E-state index in [9.17, 15) is 79.2 Å². The van der Waals surface area contributed by atoms with E-state index < -0.39 is 58.0 Å². The first-order chi connectivity index (χ1) is 42.3. The van der Waals surface area contributed by atoms with Crippen LogP contribution >= 0.6 is 0 Å². The fraction of sp³-hybridized carbons (Fsp3) is 0.387. The maximum absolute atomic E-state index is 11.5. The Labute approximate surface area is 516 Å². The number of hydrogen-bond acceptors (Lipinski definition) is 18. The van der Waals surface area contributed by atoms with E-state index in [4.69, 9.17) is 18.6 Å². The standard InChI is InChI=1S/C62H76N6O16.ClH2O4/c69-55(70)9-1-37-63(38-2-10-56(71)72)45-17-25-49(26-18-45)67(50-27-19-46(20-28-50)64(39-3-11-57(73)74)40-4-12-58(75)76)53-33-35-54(36-34-53)68(51-29-21-47(22-30-51)65(41-5-13-59(77)78)42-6-14-60(79)80)52-31-23-48(24-32-52)66(43-7-15-61(81)82)44-8-16-62(83)84;2-1(3,4)5/h17-36H,1-16,37-44H2,(H,69,70)(H,71,72)(H,73,74)(H,75,76)(H,77,78)(H,79,80)(H,81,82)(H,83,84);2-3H/q;-1. The second-order valence-corrected chi connectivity index (χ2v) is 21.4. The van der Waals surface area contributed by atoms with Crippen molar-refractivity contribution in [3.8, 4) is 0 Å². The Balaban J connectivity index is 0.00000325. The van der Waals surface area contributed by atoms with Gasteiger partial charge in [-0.25, -0.2) is 0 Å². The summed E-state index contributed by atoms with van der Waals surface area (Å²) < 4.78 is 31.5. The van der Waals surface area contributed by atoms with Gasteiger partial charge in [-0.3, -0.25) is 38.4 Å². The average molecular weight is 1260 g/mol. The summed E-state index contributed by atoms with van der Waals surface area (Å²) in [5.41, 5.74) is 7.41. The number of carboxylic acid groups (broad SMARTS) is 8. The van der Waals surface area contributed by atoms with Gasteiger partial charge in [0.2, 0.25) is 0 Å². The van der Waals surface area contributed by atoms with Gasteiger partial charge in [0.25, 0.3) is 0 Å². The summed E-state index contributed by atoms with van der Waals surface area (Å²) in [7, 11) is -4.44. The summed E-state index contributed by atoms with van der Waals surface area (Å²) in [5.74, 6) is -7.51. The van der Waals surface area contributed by atoms with Gasteiger partial charge in [-0.15, -0.1) is 0 Å². The second-order valence-electron chi connectivity index (χ2n) is 20.6. The van der Waals surface area contributed by atoms with Crippen molar-refractivity contribution in [1.82, 2.24) is 0 Å². The van der Waals surface area contributed by atoms with Crippen LogP contribution in [0.3, 0.4) is 0 Å². The number of hydrogen-bond donors (Lipinski definition) is 10. The van der Waals surface area contributed by atoms with Crippen LogP contribution < -0.4 is 38.7 Å². The number of halogens is 1. The Bertz CT molecular complexity index is 2580. The van der Waals surface area contributed by atoms with Crippen LogP contribution in [0, 0.1) is 10.2 Å². The first-order valence-electron chi connectivity index (χ1n) is 28.8. The summed E-state index contributed by atoms with van der Waals surface area (Å²) in [4.78, 5) is 104. The normalized spacial score (nSPS) is 11.1. The van der Waals surface area contributed by atoms with E-state index in [-0.39, 0.29) is 51.4 Å². The summed E-state index contributed by atoms with van der Waals surface area (Å²) in [6.07, 6.45) is 2.23. The van der Waals surface area contributed by atoms with E-state index in [1.54, 1.807) is 0 Å². The molecule has 0 amide bonds. The molecule has 0 unspecified atom stereocenters. The molecule has 0 radical (unpaired) electrons. The van der Waals surface area contributed by atoms with Crippen LogP contribution in [-0.2, 0) is 38.4 Å². The van der Waals surface area contributed by atoms with E-state index in [1.165, 1.54) is 0 Å². The number of benzene rings is 5. The van der Waals surface area contributed by atoms with Crippen molar-refractivity contribution in [2.24, 2.45) is 0 Å². The van der Waals surface area contributed by atoms with Crippen molar-refractivity contribution < 1.29 is 108 Å². The van der Waals surface area contributed by atoms with Crippen LogP contribution in [-0.4, -0.2) is 150 Å². The van der Waals surface area contributed by atoms with Crippen LogP contribution in [0.2, 0.25) is 0 Å². The SMILES string of the molecule is O=C(O)CCCN(CCCC(=O)O)c1ccc(N(c2ccc(N(CCCC(=O)O)CCCC(=O)O)cc2)c2ccc(N(c3ccc(N(CCCC(=O)O)CCCC(=O)O)cc3)c3ccc(N(CCCC(=O)O)CCCC(=O)O)cc3)cc2)cc1.[O-][Cl+]([O-])(O)O. The van der Waals surface area contributed by atoms with E-state index in [2.05, 4.69) is 0 Å². The van der Waals surface area contributed by atoms with Crippen molar-refractivity contribution in [3.05, 3.63) is 121 Å². The summed E-state index contributed by atoms with van der Waals surface area (Å²) >= 11 is 0. The predicted octanol–water partition coefficient (Wildman–Crippen LogP) is 7.28. The molecule has 0 aliphatic carbocycles. The molecule has 0 atom stereocenters. The van der Waals surface area contributed by atoms with E-state index in [0.29, 0.717) is 104 Å². The fourth-order valence-electron chi connectivity index (χ4n) is 9.74. The van der Waals surface area contributed by atoms with Gasteiger partial charge in [-0.2, -0.15) is 0 Å². The van der Waals surface area contributed by atoms with Gasteiger partial charge in [-0.05, 0) is 173 Å². The van der Waals surface area contributed by atoms with Gasteiger partial charge >= 0.3 is 76.6 Å². The number of rotatable bonds is 42. The third-order valence-electron chi connectivity index (χ3n) is 13.8. The van der Waals surface area contributed by atoms with Crippen LogP contribution in [0.25, 0.3) is 0 Å². The molecule has 484 valence electrons. The monoisotopic (exact) mass is 1260 g/mol.